The highest BCUT2D eigenvalue weighted by molar-refractivity contribution is 7.22. The van der Waals surface area contributed by atoms with Crippen molar-refractivity contribution < 1.29 is 9.13 Å². The second kappa shape index (κ2) is 4.58. The molecule has 1 aromatic carbocycles. The van der Waals surface area contributed by atoms with E-state index in [1.165, 1.54) is 23.5 Å². The minimum atomic E-state index is -0.247. The molecule has 0 radical (unpaired) electrons. The van der Waals surface area contributed by atoms with Crippen molar-refractivity contribution in [3.63, 3.8) is 0 Å². The number of nitrogens with one attached hydrogen (secondary N) is 1. The molecule has 2 rings (SSSR count). The van der Waals surface area contributed by atoms with E-state index >= 15 is 0 Å². The van der Waals surface area contributed by atoms with Crippen LogP contribution in [0.4, 0.5) is 9.52 Å². The number of thiazole rings is 1. The zero-order valence-corrected chi connectivity index (χ0v) is 10.9. The Morgan fingerprint density at radius 1 is 1.47 bits per heavy atom. The number of rotatable bonds is 4. The standard InChI is InChI=1S/C12H15FN2OS/c1-12(2,16-3)7-14-11-15-9-5-4-8(13)6-10(9)17-11/h4-6H,7H2,1-3H3,(H,14,15). The van der Waals surface area contributed by atoms with Crippen LogP contribution in [0.3, 0.4) is 0 Å². The minimum absolute atomic E-state index is 0.232. The summed E-state index contributed by atoms with van der Waals surface area (Å²) in [4.78, 5) is 4.38. The van der Waals surface area contributed by atoms with Crippen LogP contribution in [-0.4, -0.2) is 24.2 Å². The first kappa shape index (κ1) is 12.3. The molecule has 0 atom stereocenters. The molecule has 0 spiro atoms. The van der Waals surface area contributed by atoms with Gasteiger partial charge in [0.25, 0.3) is 0 Å². The first-order valence-electron chi connectivity index (χ1n) is 5.35. The van der Waals surface area contributed by atoms with Crippen molar-refractivity contribution in [3.05, 3.63) is 24.0 Å². The van der Waals surface area contributed by atoms with Gasteiger partial charge in [0.15, 0.2) is 5.13 Å². The maximum absolute atomic E-state index is 13.0. The summed E-state index contributed by atoms with van der Waals surface area (Å²) in [5, 5.41) is 3.99. The first-order valence-corrected chi connectivity index (χ1v) is 6.17. The van der Waals surface area contributed by atoms with Crippen LogP contribution in [0.5, 0.6) is 0 Å². The predicted molar refractivity (Wildman–Crippen MR) is 69.2 cm³/mol. The largest absolute Gasteiger partial charge is 0.377 e. The Morgan fingerprint density at radius 2 is 2.24 bits per heavy atom. The van der Waals surface area contributed by atoms with Gasteiger partial charge in [-0.3, -0.25) is 0 Å². The van der Waals surface area contributed by atoms with E-state index < -0.39 is 0 Å². The van der Waals surface area contributed by atoms with Gasteiger partial charge in [-0.15, -0.1) is 0 Å². The van der Waals surface area contributed by atoms with Gasteiger partial charge in [-0.2, -0.15) is 0 Å². The molecule has 0 amide bonds. The highest BCUT2D eigenvalue weighted by Gasteiger charge is 2.16. The molecule has 0 saturated heterocycles. The fourth-order valence-corrected chi connectivity index (χ4v) is 2.22. The van der Waals surface area contributed by atoms with Crippen LogP contribution in [0.2, 0.25) is 0 Å². The quantitative estimate of drug-likeness (QED) is 0.909. The van der Waals surface area contributed by atoms with Crippen molar-refractivity contribution in [1.29, 1.82) is 0 Å². The molecule has 0 saturated carbocycles. The van der Waals surface area contributed by atoms with E-state index in [1.54, 1.807) is 13.2 Å². The monoisotopic (exact) mass is 254 g/mol. The highest BCUT2D eigenvalue weighted by atomic mass is 32.1. The Bertz CT molecular complexity index is 524. The van der Waals surface area contributed by atoms with Crippen LogP contribution in [0.1, 0.15) is 13.8 Å². The van der Waals surface area contributed by atoms with E-state index in [0.717, 1.165) is 15.3 Å². The van der Waals surface area contributed by atoms with Gasteiger partial charge >= 0.3 is 0 Å². The molecule has 2 aromatic rings. The number of nitrogens with zero attached hydrogens (tertiary/aromatic N) is 1. The van der Waals surface area contributed by atoms with Gasteiger partial charge in [-0.05, 0) is 32.0 Å². The lowest BCUT2D eigenvalue weighted by Gasteiger charge is -2.22. The summed E-state index contributed by atoms with van der Waals surface area (Å²) in [6.45, 7) is 4.64. The minimum Gasteiger partial charge on any atom is -0.377 e. The number of benzene rings is 1. The highest BCUT2D eigenvalue weighted by Crippen LogP contribution is 2.26. The third-order valence-electron chi connectivity index (χ3n) is 2.57. The molecule has 1 N–H and O–H groups in total. The van der Waals surface area contributed by atoms with Crippen molar-refractivity contribution in [2.45, 2.75) is 19.4 Å². The fourth-order valence-electron chi connectivity index (χ4n) is 1.33. The summed E-state index contributed by atoms with van der Waals surface area (Å²) in [6.07, 6.45) is 0. The lowest BCUT2D eigenvalue weighted by molar-refractivity contribution is 0.0344. The Kier molecular flexibility index (Phi) is 3.31. The van der Waals surface area contributed by atoms with Crippen LogP contribution < -0.4 is 5.32 Å². The lowest BCUT2D eigenvalue weighted by Crippen LogP contribution is -2.31. The SMILES string of the molecule is COC(C)(C)CNc1nc2ccc(F)cc2s1. The first-order chi connectivity index (χ1) is 8.00. The van der Waals surface area contributed by atoms with Gasteiger partial charge in [0.2, 0.25) is 0 Å². The van der Waals surface area contributed by atoms with Crippen LogP contribution in [-0.2, 0) is 4.74 Å². The van der Waals surface area contributed by atoms with Crippen molar-refractivity contribution in [2.24, 2.45) is 0 Å². The summed E-state index contributed by atoms with van der Waals surface area (Å²) >= 11 is 1.44. The van der Waals surface area contributed by atoms with Crippen LogP contribution in [0.25, 0.3) is 10.2 Å². The fraction of sp³-hybridized carbons (Fsp3) is 0.417. The second-order valence-electron chi connectivity index (χ2n) is 4.45. The summed E-state index contributed by atoms with van der Waals surface area (Å²) in [7, 11) is 1.68. The zero-order chi connectivity index (χ0) is 12.5. The van der Waals surface area contributed by atoms with Gasteiger partial charge in [-0.1, -0.05) is 11.3 Å². The number of halogens is 1. The summed E-state index contributed by atoms with van der Waals surface area (Å²) in [5.41, 5.74) is 0.567. The molecule has 3 nitrogen and oxygen atoms in total. The zero-order valence-electron chi connectivity index (χ0n) is 10.1. The molecule has 17 heavy (non-hydrogen) atoms. The van der Waals surface area contributed by atoms with E-state index in [2.05, 4.69) is 10.3 Å². The van der Waals surface area contributed by atoms with Crippen LogP contribution >= 0.6 is 11.3 Å². The average Bonchev–Trinajstić information content (AvgIpc) is 2.68. The van der Waals surface area contributed by atoms with Crippen molar-refractivity contribution in [2.75, 3.05) is 19.0 Å². The van der Waals surface area contributed by atoms with Crippen molar-refractivity contribution in [3.8, 4) is 0 Å². The number of hydrogen-bond acceptors (Lipinski definition) is 4. The van der Waals surface area contributed by atoms with Gasteiger partial charge in [0.05, 0.1) is 15.8 Å². The van der Waals surface area contributed by atoms with E-state index in [4.69, 9.17) is 4.74 Å². The van der Waals surface area contributed by atoms with Crippen LogP contribution in [0, 0.1) is 5.82 Å². The smallest absolute Gasteiger partial charge is 0.183 e. The Hall–Kier alpha value is -1.20. The maximum atomic E-state index is 13.0. The average molecular weight is 254 g/mol. The lowest BCUT2D eigenvalue weighted by atomic mass is 10.1. The van der Waals surface area contributed by atoms with Gasteiger partial charge in [0, 0.05) is 13.7 Å². The van der Waals surface area contributed by atoms with E-state index in [1.807, 2.05) is 13.8 Å². The molecule has 0 aliphatic carbocycles. The molecule has 0 fully saturated rings. The van der Waals surface area contributed by atoms with Crippen LogP contribution in [0.15, 0.2) is 18.2 Å². The number of ether oxygens (including phenoxy) is 1. The number of fused-ring (bicyclic) bond motifs is 1. The number of hydrogen-bond donors (Lipinski definition) is 1. The molecule has 0 unspecified atom stereocenters. The van der Waals surface area contributed by atoms with Gasteiger partial charge < -0.3 is 10.1 Å². The molecule has 5 heteroatoms. The normalized spacial score (nSPS) is 12.0. The third kappa shape index (κ3) is 2.92. The topological polar surface area (TPSA) is 34.1 Å². The molecule has 0 bridgehead atoms. The number of anilines is 1. The van der Waals surface area contributed by atoms with Gasteiger partial charge in [0.1, 0.15) is 5.82 Å². The molecule has 1 heterocycles. The van der Waals surface area contributed by atoms with E-state index in [0.29, 0.717) is 6.54 Å². The molecule has 92 valence electrons. The number of aromatic nitrogens is 1. The molecular formula is C12H15FN2OS. The maximum Gasteiger partial charge on any atom is 0.183 e. The molecule has 0 aliphatic rings. The number of methoxy groups -OCH3 is 1. The second-order valence-corrected chi connectivity index (χ2v) is 5.48. The van der Waals surface area contributed by atoms with E-state index in [-0.39, 0.29) is 11.4 Å². The summed E-state index contributed by atoms with van der Waals surface area (Å²) in [6, 6.07) is 4.61. The molecule has 1 aromatic heterocycles. The Balaban J connectivity index is 2.15. The summed E-state index contributed by atoms with van der Waals surface area (Å²) in [5.74, 6) is -0.232. The van der Waals surface area contributed by atoms with Crippen molar-refractivity contribution >= 4 is 26.7 Å². The van der Waals surface area contributed by atoms with E-state index in [9.17, 15) is 4.39 Å². The van der Waals surface area contributed by atoms with Crippen molar-refractivity contribution in [1.82, 2.24) is 4.98 Å². The Labute approximate surface area is 104 Å². The molecule has 0 aliphatic heterocycles. The van der Waals surface area contributed by atoms with Gasteiger partial charge in [-0.25, -0.2) is 9.37 Å². The summed E-state index contributed by atoms with van der Waals surface area (Å²) < 4.78 is 19.2. The predicted octanol–water partition coefficient (Wildman–Crippen LogP) is 3.27. The third-order valence-corrected chi connectivity index (χ3v) is 3.54. The molecular weight excluding hydrogens is 239 g/mol. The Morgan fingerprint density at radius 3 is 2.94 bits per heavy atom.